The average Bonchev–Trinajstić information content (AvgIpc) is 2.65. The lowest BCUT2D eigenvalue weighted by Crippen LogP contribution is -2.31. The normalized spacial score (nSPS) is 10.9. The van der Waals surface area contributed by atoms with E-state index in [1.807, 2.05) is 37.3 Å². The van der Waals surface area contributed by atoms with Crippen LogP contribution in [0.5, 0.6) is 0 Å². The van der Waals surface area contributed by atoms with Gasteiger partial charge in [0.25, 0.3) is 0 Å². The second-order valence-electron chi connectivity index (χ2n) is 6.84. The Bertz CT molecular complexity index is 880. The summed E-state index contributed by atoms with van der Waals surface area (Å²) in [5.74, 6) is 1.13. The fourth-order valence-corrected chi connectivity index (χ4v) is 2.90. The van der Waals surface area contributed by atoms with Crippen molar-refractivity contribution in [1.29, 1.82) is 0 Å². The predicted molar refractivity (Wildman–Crippen MR) is 108 cm³/mol. The molecule has 0 aliphatic rings. The number of anilines is 2. The van der Waals surface area contributed by atoms with Gasteiger partial charge < -0.3 is 10.2 Å². The van der Waals surface area contributed by atoms with E-state index in [4.69, 9.17) is 0 Å². The van der Waals surface area contributed by atoms with Gasteiger partial charge in [-0.2, -0.15) is 4.98 Å². The van der Waals surface area contributed by atoms with Gasteiger partial charge in [0, 0.05) is 36.5 Å². The summed E-state index contributed by atoms with van der Waals surface area (Å²) < 4.78 is 13.8. The van der Waals surface area contributed by atoms with E-state index < -0.39 is 0 Å². The summed E-state index contributed by atoms with van der Waals surface area (Å²) in [5.41, 5.74) is 2.69. The number of nitrogens with zero attached hydrogens (tertiary/aromatic N) is 3. The number of nitrogens with one attached hydrogen (secondary N) is 1. The zero-order valence-electron chi connectivity index (χ0n) is 16.0. The third kappa shape index (κ3) is 5.03. The Morgan fingerprint density at radius 3 is 2.41 bits per heavy atom. The molecule has 1 N–H and O–H groups in total. The van der Waals surface area contributed by atoms with E-state index in [0.29, 0.717) is 18.1 Å². The summed E-state index contributed by atoms with van der Waals surface area (Å²) in [4.78, 5) is 11.4. The van der Waals surface area contributed by atoms with Gasteiger partial charge in [-0.15, -0.1) is 0 Å². The smallest absolute Gasteiger partial charge is 0.225 e. The molecule has 3 aromatic rings. The highest BCUT2D eigenvalue weighted by Crippen LogP contribution is 2.21. The Balaban J connectivity index is 1.81. The van der Waals surface area contributed by atoms with Crippen molar-refractivity contribution < 1.29 is 4.39 Å². The lowest BCUT2D eigenvalue weighted by molar-refractivity contribution is 0.612. The third-order valence-electron chi connectivity index (χ3n) is 4.35. The largest absolute Gasteiger partial charge is 0.350 e. The van der Waals surface area contributed by atoms with Crippen molar-refractivity contribution in [2.24, 2.45) is 0 Å². The van der Waals surface area contributed by atoms with Crippen molar-refractivity contribution in [3.8, 4) is 0 Å². The number of benzene rings is 2. The third-order valence-corrected chi connectivity index (χ3v) is 4.35. The number of aryl methyl sites for hydroxylation is 1. The lowest BCUT2D eigenvalue weighted by Gasteiger charge is -2.28. The predicted octanol–water partition coefficient (Wildman–Crippen LogP) is 4.95. The highest BCUT2D eigenvalue weighted by Gasteiger charge is 2.15. The van der Waals surface area contributed by atoms with Crippen molar-refractivity contribution in [2.75, 3.05) is 10.2 Å². The molecule has 1 heterocycles. The molecule has 3 rings (SSSR count). The number of hydrogen-bond acceptors (Lipinski definition) is 4. The van der Waals surface area contributed by atoms with E-state index in [0.717, 1.165) is 18.1 Å². The topological polar surface area (TPSA) is 41.1 Å². The standard InChI is InChI=1S/C22H25FN4/c1-16(2)27(15-18-9-5-4-6-10-18)21-13-17(3)25-22(26-21)24-14-19-11-7-8-12-20(19)23/h4-13,16H,14-15H2,1-3H3,(H,24,25,26). The number of hydrogen-bond donors (Lipinski definition) is 1. The molecule has 27 heavy (non-hydrogen) atoms. The zero-order chi connectivity index (χ0) is 19.2. The minimum atomic E-state index is -0.231. The second-order valence-corrected chi connectivity index (χ2v) is 6.84. The van der Waals surface area contributed by atoms with Crippen LogP contribution in [0, 0.1) is 12.7 Å². The molecule has 140 valence electrons. The molecule has 0 saturated carbocycles. The number of aromatic nitrogens is 2. The Hall–Kier alpha value is -2.95. The second kappa shape index (κ2) is 8.62. The molecule has 5 heteroatoms. The summed E-state index contributed by atoms with van der Waals surface area (Å²) in [6, 6.07) is 19.3. The first-order valence-electron chi connectivity index (χ1n) is 9.16. The van der Waals surface area contributed by atoms with Crippen LogP contribution < -0.4 is 10.2 Å². The van der Waals surface area contributed by atoms with Crippen LogP contribution in [-0.2, 0) is 13.1 Å². The van der Waals surface area contributed by atoms with Gasteiger partial charge in [0.05, 0.1) is 0 Å². The monoisotopic (exact) mass is 364 g/mol. The van der Waals surface area contributed by atoms with E-state index in [9.17, 15) is 4.39 Å². The van der Waals surface area contributed by atoms with Gasteiger partial charge in [-0.3, -0.25) is 0 Å². The number of rotatable bonds is 7. The van der Waals surface area contributed by atoms with E-state index in [2.05, 4.69) is 46.2 Å². The van der Waals surface area contributed by atoms with E-state index in [1.54, 1.807) is 12.1 Å². The Kier molecular flexibility index (Phi) is 6.01. The molecule has 0 radical (unpaired) electrons. The molecular weight excluding hydrogens is 339 g/mol. The highest BCUT2D eigenvalue weighted by molar-refractivity contribution is 5.46. The van der Waals surface area contributed by atoms with Crippen LogP contribution >= 0.6 is 0 Å². The van der Waals surface area contributed by atoms with Gasteiger partial charge in [-0.05, 0) is 32.4 Å². The quantitative estimate of drug-likeness (QED) is 0.644. The lowest BCUT2D eigenvalue weighted by atomic mass is 10.2. The van der Waals surface area contributed by atoms with Gasteiger partial charge in [0.2, 0.25) is 5.95 Å². The SMILES string of the molecule is Cc1cc(N(Cc2ccccc2)C(C)C)nc(NCc2ccccc2F)n1. The van der Waals surface area contributed by atoms with E-state index in [-0.39, 0.29) is 11.9 Å². The van der Waals surface area contributed by atoms with Gasteiger partial charge in [-0.25, -0.2) is 9.37 Å². The van der Waals surface area contributed by atoms with Crippen molar-refractivity contribution in [2.45, 2.75) is 39.9 Å². The minimum absolute atomic E-state index is 0.231. The Labute approximate surface area is 160 Å². The first kappa shape index (κ1) is 18.8. The fraction of sp³-hybridized carbons (Fsp3) is 0.273. The Morgan fingerprint density at radius 1 is 1.00 bits per heavy atom. The molecule has 0 aliphatic carbocycles. The summed E-state index contributed by atoms with van der Waals surface area (Å²) in [7, 11) is 0. The first-order valence-corrected chi connectivity index (χ1v) is 9.16. The highest BCUT2D eigenvalue weighted by atomic mass is 19.1. The molecule has 0 spiro atoms. The van der Waals surface area contributed by atoms with Gasteiger partial charge in [0.15, 0.2) is 0 Å². The summed E-state index contributed by atoms with van der Waals surface area (Å²) >= 11 is 0. The van der Waals surface area contributed by atoms with Crippen molar-refractivity contribution >= 4 is 11.8 Å². The summed E-state index contributed by atoms with van der Waals surface area (Å²) in [6.45, 7) is 7.35. The molecule has 2 aromatic carbocycles. The van der Waals surface area contributed by atoms with Crippen LogP contribution in [0.15, 0.2) is 60.7 Å². The molecule has 0 bridgehead atoms. The fourth-order valence-electron chi connectivity index (χ4n) is 2.90. The van der Waals surface area contributed by atoms with Crippen molar-refractivity contribution in [3.63, 3.8) is 0 Å². The summed E-state index contributed by atoms with van der Waals surface area (Å²) in [6.07, 6.45) is 0. The van der Waals surface area contributed by atoms with E-state index >= 15 is 0 Å². The average molecular weight is 364 g/mol. The van der Waals surface area contributed by atoms with Crippen LogP contribution in [0.25, 0.3) is 0 Å². The molecule has 0 amide bonds. The number of halogens is 1. The maximum Gasteiger partial charge on any atom is 0.225 e. The van der Waals surface area contributed by atoms with Crippen LogP contribution in [0.2, 0.25) is 0 Å². The van der Waals surface area contributed by atoms with Gasteiger partial charge >= 0.3 is 0 Å². The molecule has 0 saturated heterocycles. The molecule has 0 atom stereocenters. The molecule has 1 aromatic heterocycles. The Morgan fingerprint density at radius 2 is 1.70 bits per heavy atom. The van der Waals surface area contributed by atoms with Crippen LogP contribution in [0.1, 0.15) is 30.7 Å². The first-order chi connectivity index (χ1) is 13.0. The maximum absolute atomic E-state index is 13.8. The zero-order valence-corrected chi connectivity index (χ0v) is 16.0. The van der Waals surface area contributed by atoms with Crippen molar-refractivity contribution in [1.82, 2.24) is 9.97 Å². The van der Waals surface area contributed by atoms with E-state index in [1.165, 1.54) is 11.6 Å². The van der Waals surface area contributed by atoms with Crippen LogP contribution in [0.3, 0.4) is 0 Å². The van der Waals surface area contributed by atoms with Crippen molar-refractivity contribution in [3.05, 3.63) is 83.3 Å². The van der Waals surface area contributed by atoms with Crippen LogP contribution in [0.4, 0.5) is 16.2 Å². The molecule has 0 fully saturated rings. The maximum atomic E-state index is 13.8. The molecule has 4 nitrogen and oxygen atoms in total. The molecule has 0 aliphatic heterocycles. The molecular formula is C22H25FN4. The summed E-state index contributed by atoms with van der Waals surface area (Å²) in [5, 5.41) is 3.15. The minimum Gasteiger partial charge on any atom is -0.350 e. The molecule has 0 unspecified atom stereocenters. The van der Waals surface area contributed by atoms with Crippen LogP contribution in [-0.4, -0.2) is 16.0 Å². The van der Waals surface area contributed by atoms with Gasteiger partial charge in [-0.1, -0.05) is 48.5 Å². The van der Waals surface area contributed by atoms with Gasteiger partial charge in [0.1, 0.15) is 11.6 Å².